The Morgan fingerprint density at radius 1 is 1.55 bits per heavy atom. The molecule has 0 aromatic heterocycles. The molecule has 0 aromatic carbocycles. The Labute approximate surface area is 67.4 Å². The standard InChI is InChI=1S/C6H14N2O2S/c1-4-11(9,10)6(3)8-5(2)7/h4-6,8H,1,7H2,2-3H3. The second-order valence-corrected chi connectivity index (χ2v) is 4.57. The van der Waals surface area contributed by atoms with Crippen molar-refractivity contribution >= 4 is 9.84 Å². The first-order valence-electron chi connectivity index (χ1n) is 3.28. The Hall–Kier alpha value is -0.390. The maximum Gasteiger partial charge on any atom is 0.186 e. The van der Waals surface area contributed by atoms with Gasteiger partial charge in [-0.3, -0.25) is 5.32 Å². The first kappa shape index (κ1) is 10.6. The topological polar surface area (TPSA) is 72.2 Å². The second-order valence-electron chi connectivity index (χ2n) is 2.35. The van der Waals surface area contributed by atoms with Gasteiger partial charge in [0.05, 0.1) is 6.17 Å². The van der Waals surface area contributed by atoms with Crippen LogP contribution in [0.3, 0.4) is 0 Å². The third-order valence-corrected chi connectivity index (χ3v) is 2.81. The Balaban J connectivity index is 4.26. The molecule has 3 N–H and O–H groups in total. The maximum absolute atomic E-state index is 11.0. The first-order chi connectivity index (χ1) is 4.90. The van der Waals surface area contributed by atoms with Crippen molar-refractivity contribution in [1.29, 1.82) is 0 Å². The van der Waals surface area contributed by atoms with Crippen molar-refractivity contribution in [2.45, 2.75) is 25.4 Å². The zero-order valence-corrected chi connectivity index (χ0v) is 7.56. The molecule has 66 valence electrons. The number of hydrogen-bond acceptors (Lipinski definition) is 4. The molecule has 0 heterocycles. The highest BCUT2D eigenvalue weighted by Gasteiger charge is 2.16. The van der Waals surface area contributed by atoms with Crippen LogP contribution >= 0.6 is 0 Å². The number of sulfone groups is 1. The lowest BCUT2D eigenvalue weighted by Crippen LogP contribution is -2.43. The zero-order chi connectivity index (χ0) is 9.07. The molecule has 0 spiro atoms. The van der Waals surface area contributed by atoms with Crippen molar-refractivity contribution in [2.24, 2.45) is 5.73 Å². The SMILES string of the molecule is C=CS(=O)(=O)C(C)NC(C)N. The van der Waals surface area contributed by atoms with E-state index in [1.54, 1.807) is 6.92 Å². The van der Waals surface area contributed by atoms with E-state index >= 15 is 0 Å². The highest BCUT2D eigenvalue weighted by molar-refractivity contribution is 7.94. The van der Waals surface area contributed by atoms with Crippen molar-refractivity contribution < 1.29 is 8.42 Å². The third-order valence-electron chi connectivity index (χ3n) is 1.22. The minimum atomic E-state index is -3.22. The molecule has 2 atom stereocenters. The van der Waals surface area contributed by atoms with Crippen LogP contribution in [0.5, 0.6) is 0 Å². The highest BCUT2D eigenvalue weighted by atomic mass is 32.2. The van der Waals surface area contributed by atoms with Gasteiger partial charge >= 0.3 is 0 Å². The first-order valence-corrected chi connectivity index (χ1v) is 4.89. The molecule has 2 unspecified atom stereocenters. The molecule has 4 nitrogen and oxygen atoms in total. The molecule has 11 heavy (non-hydrogen) atoms. The van der Waals surface area contributed by atoms with Gasteiger partial charge in [0.15, 0.2) is 9.84 Å². The summed E-state index contributed by atoms with van der Waals surface area (Å²) in [6, 6.07) is 0. The second kappa shape index (κ2) is 3.85. The molecule has 0 fully saturated rings. The molecule has 0 aliphatic rings. The van der Waals surface area contributed by atoms with Crippen LogP contribution < -0.4 is 11.1 Å². The Morgan fingerprint density at radius 3 is 2.27 bits per heavy atom. The lowest BCUT2D eigenvalue weighted by atomic mass is 10.6. The summed E-state index contributed by atoms with van der Waals surface area (Å²) >= 11 is 0. The summed E-state index contributed by atoms with van der Waals surface area (Å²) in [6.45, 7) is 6.40. The lowest BCUT2D eigenvalue weighted by molar-refractivity contribution is 0.524. The zero-order valence-electron chi connectivity index (χ0n) is 6.74. The molecule has 0 saturated carbocycles. The van der Waals surface area contributed by atoms with Crippen molar-refractivity contribution in [2.75, 3.05) is 0 Å². The summed E-state index contributed by atoms with van der Waals surface area (Å²) in [5.41, 5.74) is 5.33. The van der Waals surface area contributed by atoms with Crippen LogP contribution in [0.1, 0.15) is 13.8 Å². The van der Waals surface area contributed by atoms with Crippen molar-refractivity contribution in [1.82, 2.24) is 5.32 Å². The minimum Gasteiger partial charge on any atom is -0.316 e. The smallest absolute Gasteiger partial charge is 0.186 e. The fourth-order valence-electron chi connectivity index (χ4n) is 0.609. The molecule has 0 aliphatic heterocycles. The molecule has 0 amide bonds. The molecule has 0 aromatic rings. The van der Waals surface area contributed by atoms with E-state index in [9.17, 15) is 8.42 Å². The molecule has 0 bridgehead atoms. The average Bonchev–Trinajstić information content (AvgIpc) is 1.86. The van der Waals surface area contributed by atoms with Crippen molar-refractivity contribution in [3.63, 3.8) is 0 Å². The molecule has 5 heteroatoms. The average molecular weight is 178 g/mol. The Bertz CT molecular complexity index is 221. The van der Waals surface area contributed by atoms with Crippen molar-refractivity contribution in [3.8, 4) is 0 Å². The fraction of sp³-hybridized carbons (Fsp3) is 0.667. The predicted octanol–water partition coefficient (Wildman–Crippen LogP) is -0.215. The van der Waals surface area contributed by atoms with E-state index in [4.69, 9.17) is 5.73 Å². The van der Waals surface area contributed by atoms with Crippen LogP contribution in [0.4, 0.5) is 0 Å². The summed E-state index contributed by atoms with van der Waals surface area (Å²) in [5, 5.41) is 2.91. The van der Waals surface area contributed by atoms with E-state index in [1.165, 1.54) is 6.92 Å². The summed E-state index contributed by atoms with van der Waals surface area (Å²) in [5.74, 6) is 0. The minimum absolute atomic E-state index is 0.334. The van der Waals surface area contributed by atoms with Crippen molar-refractivity contribution in [3.05, 3.63) is 12.0 Å². The Morgan fingerprint density at radius 2 is 2.00 bits per heavy atom. The largest absolute Gasteiger partial charge is 0.316 e. The normalized spacial score (nSPS) is 17.4. The van der Waals surface area contributed by atoms with Gasteiger partial charge in [0, 0.05) is 5.41 Å². The van der Waals surface area contributed by atoms with E-state index in [-0.39, 0.29) is 6.17 Å². The van der Waals surface area contributed by atoms with Crippen LogP contribution in [0.25, 0.3) is 0 Å². The van der Waals surface area contributed by atoms with Gasteiger partial charge in [-0.05, 0) is 13.8 Å². The van der Waals surface area contributed by atoms with Gasteiger partial charge in [0.1, 0.15) is 5.37 Å². The summed E-state index contributed by atoms with van der Waals surface area (Å²) < 4.78 is 22.0. The van der Waals surface area contributed by atoms with Gasteiger partial charge in [-0.25, -0.2) is 8.42 Å². The maximum atomic E-state index is 11.0. The monoisotopic (exact) mass is 178 g/mol. The van der Waals surface area contributed by atoms with E-state index in [0.717, 1.165) is 5.41 Å². The number of nitrogens with two attached hydrogens (primary N) is 1. The van der Waals surface area contributed by atoms with Crippen LogP contribution in [0, 0.1) is 0 Å². The van der Waals surface area contributed by atoms with E-state index in [2.05, 4.69) is 11.9 Å². The summed E-state index contributed by atoms with van der Waals surface area (Å²) in [7, 11) is -3.22. The van der Waals surface area contributed by atoms with Gasteiger partial charge in [-0.1, -0.05) is 6.58 Å². The highest BCUT2D eigenvalue weighted by Crippen LogP contribution is 1.98. The van der Waals surface area contributed by atoms with Gasteiger partial charge < -0.3 is 5.73 Å². The summed E-state index contributed by atoms with van der Waals surface area (Å²) in [6.07, 6.45) is -0.334. The van der Waals surface area contributed by atoms with Gasteiger partial charge in [-0.2, -0.15) is 0 Å². The quantitative estimate of drug-likeness (QED) is 0.584. The van der Waals surface area contributed by atoms with Crippen LogP contribution in [0.15, 0.2) is 12.0 Å². The van der Waals surface area contributed by atoms with Gasteiger partial charge in [0.25, 0.3) is 0 Å². The molecular weight excluding hydrogens is 164 g/mol. The number of nitrogens with one attached hydrogen (secondary N) is 1. The van der Waals surface area contributed by atoms with E-state index in [1.807, 2.05) is 0 Å². The third kappa shape index (κ3) is 3.50. The fourth-order valence-corrected chi connectivity index (χ4v) is 1.30. The number of rotatable bonds is 4. The molecule has 0 rings (SSSR count). The number of hydrogen-bond donors (Lipinski definition) is 2. The van der Waals surface area contributed by atoms with Crippen LogP contribution in [0.2, 0.25) is 0 Å². The summed E-state index contributed by atoms with van der Waals surface area (Å²) in [4.78, 5) is 0. The van der Waals surface area contributed by atoms with E-state index in [0.29, 0.717) is 0 Å². The Kier molecular flexibility index (Phi) is 3.71. The van der Waals surface area contributed by atoms with Gasteiger partial charge in [-0.15, -0.1) is 0 Å². The lowest BCUT2D eigenvalue weighted by Gasteiger charge is -2.14. The molecule has 0 aliphatic carbocycles. The molecule has 0 saturated heterocycles. The van der Waals surface area contributed by atoms with Crippen LogP contribution in [-0.4, -0.2) is 20.0 Å². The van der Waals surface area contributed by atoms with E-state index < -0.39 is 15.2 Å². The van der Waals surface area contributed by atoms with Crippen LogP contribution in [-0.2, 0) is 9.84 Å². The molecule has 0 radical (unpaired) electrons. The molecular formula is C6H14N2O2S. The van der Waals surface area contributed by atoms with Gasteiger partial charge in [0.2, 0.25) is 0 Å². The predicted molar refractivity (Wildman–Crippen MR) is 45.4 cm³/mol.